The predicted octanol–water partition coefficient (Wildman–Crippen LogP) is 1.27. The summed E-state index contributed by atoms with van der Waals surface area (Å²) in [6.45, 7) is 1.35. The Bertz CT molecular complexity index is 464. The van der Waals surface area contributed by atoms with Gasteiger partial charge in [-0.3, -0.25) is 9.59 Å². The van der Waals surface area contributed by atoms with Gasteiger partial charge < -0.3 is 10.2 Å². The van der Waals surface area contributed by atoms with Crippen LogP contribution in [0.25, 0.3) is 0 Å². The summed E-state index contributed by atoms with van der Waals surface area (Å²) in [5.41, 5.74) is 0. The Kier molecular flexibility index (Phi) is 4.79. The lowest BCUT2D eigenvalue weighted by atomic mass is 10.4. The number of rotatable bonds is 3. The summed E-state index contributed by atoms with van der Waals surface area (Å²) in [6.07, 6.45) is 0.776. The van der Waals surface area contributed by atoms with Crippen LogP contribution in [0.4, 0.5) is 4.39 Å². The molecule has 1 fully saturated rings. The minimum absolute atomic E-state index is 0.0635. The van der Waals surface area contributed by atoms with E-state index in [1.807, 2.05) is 0 Å². The molecule has 4 nitrogen and oxygen atoms in total. The molecular formula is C13H15FN2O2S. The monoisotopic (exact) mass is 282 g/mol. The number of benzene rings is 1. The molecule has 1 saturated heterocycles. The van der Waals surface area contributed by atoms with Gasteiger partial charge in [-0.15, -0.1) is 11.8 Å². The van der Waals surface area contributed by atoms with Gasteiger partial charge in [0.2, 0.25) is 11.8 Å². The minimum Gasteiger partial charge on any atom is -0.354 e. The van der Waals surface area contributed by atoms with Crippen molar-refractivity contribution >= 4 is 23.6 Å². The van der Waals surface area contributed by atoms with E-state index in [0.29, 0.717) is 13.1 Å². The van der Waals surface area contributed by atoms with E-state index in [1.54, 1.807) is 17.0 Å². The zero-order valence-corrected chi connectivity index (χ0v) is 11.2. The van der Waals surface area contributed by atoms with E-state index in [0.717, 1.165) is 11.3 Å². The number of hydrogen-bond donors (Lipinski definition) is 1. The fraction of sp³-hybridized carbons (Fsp3) is 0.385. The van der Waals surface area contributed by atoms with Crippen molar-refractivity contribution in [3.63, 3.8) is 0 Å². The van der Waals surface area contributed by atoms with Crippen molar-refractivity contribution in [3.8, 4) is 0 Å². The van der Waals surface area contributed by atoms with Crippen LogP contribution in [0.3, 0.4) is 0 Å². The predicted molar refractivity (Wildman–Crippen MR) is 71.3 cm³/mol. The minimum atomic E-state index is -0.292. The quantitative estimate of drug-likeness (QED) is 0.849. The fourth-order valence-electron chi connectivity index (χ4n) is 1.79. The summed E-state index contributed by atoms with van der Waals surface area (Å²) >= 11 is 1.35. The number of hydrogen-bond acceptors (Lipinski definition) is 3. The van der Waals surface area contributed by atoms with Crippen LogP contribution in [0.1, 0.15) is 6.42 Å². The van der Waals surface area contributed by atoms with E-state index < -0.39 is 0 Å². The van der Waals surface area contributed by atoms with Crippen molar-refractivity contribution in [3.05, 3.63) is 30.1 Å². The third-order valence-electron chi connectivity index (χ3n) is 2.79. The zero-order valence-electron chi connectivity index (χ0n) is 10.4. The molecule has 1 aliphatic rings. The van der Waals surface area contributed by atoms with Crippen LogP contribution in [0.15, 0.2) is 29.2 Å². The second kappa shape index (κ2) is 6.56. The average molecular weight is 282 g/mol. The van der Waals surface area contributed by atoms with Crippen LogP contribution in [-0.4, -0.2) is 42.1 Å². The number of amides is 2. The molecule has 0 radical (unpaired) electrons. The highest BCUT2D eigenvalue weighted by Crippen LogP contribution is 2.18. The lowest BCUT2D eigenvalue weighted by molar-refractivity contribution is -0.133. The molecule has 0 atom stereocenters. The van der Waals surface area contributed by atoms with Gasteiger partial charge in [0.25, 0.3) is 0 Å². The molecule has 19 heavy (non-hydrogen) atoms. The van der Waals surface area contributed by atoms with Gasteiger partial charge in [-0.25, -0.2) is 4.39 Å². The van der Waals surface area contributed by atoms with Crippen molar-refractivity contribution in [2.24, 2.45) is 0 Å². The van der Waals surface area contributed by atoms with E-state index >= 15 is 0 Å². The molecule has 0 aliphatic carbocycles. The molecule has 2 amide bonds. The first-order valence-corrected chi connectivity index (χ1v) is 7.06. The number of nitrogens with one attached hydrogen (secondary N) is 1. The van der Waals surface area contributed by atoms with Crippen molar-refractivity contribution in [1.82, 2.24) is 10.2 Å². The molecule has 1 aliphatic heterocycles. The van der Waals surface area contributed by atoms with Crippen LogP contribution in [0.5, 0.6) is 0 Å². The second-order valence-electron chi connectivity index (χ2n) is 4.26. The fourth-order valence-corrected chi connectivity index (χ4v) is 2.59. The Labute approximate surface area is 115 Å². The molecule has 0 unspecified atom stereocenters. The van der Waals surface area contributed by atoms with Crippen molar-refractivity contribution < 1.29 is 14.0 Å². The SMILES string of the molecule is O=C1CN(C(=O)CSc2ccc(F)cc2)CCCN1. The van der Waals surface area contributed by atoms with Gasteiger partial charge >= 0.3 is 0 Å². The molecule has 1 aromatic rings. The molecule has 2 rings (SSSR count). The lowest BCUT2D eigenvalue weighted by Gasteiger charge is -2.18. The summed E-state index contributed by atoms with van der Waals surface area (Å²) in [5, 5.41) is 2.73. The van der Waals surface area contributed by atoms with Crippen LogP contribution in [0, 0.1) is 5.82 Å². The standard InChI is InChI=1S/C13H15FN2O2S/c14-10-2-4-11(5-3-10)19-9-13(18)16-7-1-6-15-12(17)8-16/h2-5H,1,6-9H2,(H,15,17). The van der Waals surface area contributed by atoms with Gasteiger partial charge in [0.15, 0.2) is 0 Å². The Balaban J connectivity index is 1.86. The third-order valence-corrected chi connectivity index (χ3v) is 3.79. The highest BCUT2D eigenvalue weighted by molar-refractivity contribution is 8.00. The molecule has 0 aromatic heterocycles. The first kappa shape index (κ1) is 13.9. The highest BCUT2D eigenvalue weighted by Gasteiger charge is 2.19. The Morgan fingerprint density at radius 3 is 2.84 bits per heavy atom. The molecule has 0 spiro atoms. The normalized spacial score (nSPS) is 15.8. The van der Waals surface area contributed by atoms with Crippen LogP contribution >= 0.6 is 11.8 Å². The maximum Gasteiger partial charge on any atom is 0.239 e. The van der Waals surface area contributed by atoms with Gasteiger partial charge in [-0.2, -0.15) is 0 Å². The second-order valence-corrected chi connectivity index (χ2v) is 5.31. The molecule has 0 bridgehead atoms. The Morgan fingerprint density at radius 2 is 2.11 bits per heavy atom. The van der Waals surface area contributed by atoms with Crippen LogP contribution in [0.2, 0.25) is 0 Å². The van der Waals surface area contributed by atoms with Crippen molar-refractivity contribution in [1.29, 1.82) is 0 Å². The zero-order chi connectivity index (χ0) is 13.7. The molecular weight excluding hydrogens is 267 g/mol. The number of nitrogens with zero attached hydrogens (tertiary/aromatic N) is 1. The molecule has 1 aromatic carbocycles. The number of carbonyl (C=O) groups excluding carboxylic acids is 2. The topological polar surface area (TPSA) is 49.4 Å². The third kappa shape index (κ3) is 4.24. The Hall–Kier alpha value is -1.56. The van der Waals surface area contributed by atoms with E-state index in [1.165, 1.54) is 23.9 Å². The molecule has 102 valence electrons. The summed E-state index contributed by atoms with van der Waals surface area (Å²) in [4.78, 5) is 25.8. The molecule has 1 heterocycles. The maximum atomic E-state index is 12.7. The lowest BCUT2D eigenvalue weighted by Crippen LogP contribution is -2.38. The first-order valence-electron chi connectivity index (χ1n) is 6.08. The number of carbonyl (C=O) groups is 2. The van der Waals surface area contributed by atoms with Gasteiger partial charge in [-0.05, 0) is 30.7 Å². The molecule has 1 N–H and O–H groups in total. The van der Waals surface area contributed by atoms with E-state index in [4.69, 9.17) is 0 Å². The molecule has 6 heteroatoms. The summed E-state index contributed by atoms with van der Waals surface area (Å²) < 4.78 is 12.7. The van der Waals surface area contributed by atoms with Gasteiger partial charge in [0.05, 0.1) is 12.3 Å². The van der Waals surface area contributed by atoms with Gasteiger partial charge in [0, 0.05) is 18.0 Å². The van der Waals surface area contributed by atoms with E-state index in [2.05, 4.69) is 5.32 Å². The highest BCUT2D eigenvalue weighted by atomic mass is 32.2. The summed E-state index contributed by atoms with van der Waals surface area (Å²) in [7, 11) is 0. The van der Waals surface area contributed by atoms with Crippen molar-refractivity contribution in [2.75, 3.05) is 25.4 Å². The first-order chi connectivity index (χ1) is 9.15. The summed E-state index contributed by atoms with van der Waals surface area (Å²) in [6, 6.07) is 6.02. The van der Waals surface area contributed by atoms with Gasteiger partial charge in [0.1, 0.15) is 5.82 Å². The smallest absolute Gasteiger partial charge is 0.239 e. The largest absolute Gasteiger partial charge is 0.354 e. The van der Waals surface area contributed by atoms with Gasteiger partial charge in [-0.1, -0.05) is 0 Å². The van der Waals surface area contributed by atoms with Crippen LogP contribution in [-0.2, 0) is 9.59 Å². The van der Waals surface area contributed by atoms with Crippen LogP contribution < -0.4 is 5.32 Å². The summed E-state index contributed by atoms with van der Waals surface area (Å²) in [5.74, 6) is -0.206. The maximum absolute atomic E-state index is 12.7. The Morgan fingerprint density at radius 1 is 1.37 bits per heavy atom. The average Bonchev–Trinajstić information content (AvgIpc) is 2.62. The molecule has 0 saturated carbocycles. The van der Waals surface area contributed by atoms with Crippen molar-refractivity contribution in [2.45, 2.75) is 11.3 Å². The van der Waals surface area contributed by atoms with E-state index in [9.17, 15) is 14.0 Å². The number of halogens is 1. The van der Waals surface area contributed by atoms with E-state index in [-0.39, 0.29) is 29.9 Å². The number of thioether (sulfide) groups is 1.